The largest absolute Gasteiger partial charge is 0.356 e. The standard InChI is InChI=1S/C21H33N3O5/c1-2-28-15-29-14-19(23-20(25)17-8-10-22-11-9-17)13-18(21(26)24-27)12-16-6-4-3-5-7-16/h3-7,17-19,22,27H,2,8-15H2,1H3,(H,23,25)(H,24,26). The van der Waals surface area contributed by atoms with Crippen molar-refractivity contribution in [3.8, 4) is 0 Å². The third kappa shape index (κ3) is 8.49. The summed E-state index contributed by atoms with van der Waals surface area (Å²) in [5.41, 5.74) is 2.74. The van der Waals surface area contributed by atoms with E-state index in [9.17, 15) is 14.8 Å². The van der Waals surface area contributed by atoms with Gasteiger partial charge < -0.3 is 20.1 Å². The van der Waals surface area contributed by atoms with Crippen LogP contribution in [0.4, 0.5) is 0 Å². The molecule has 1 saturated heterocycles. The molecule has 2 unspecified atom stereocenters. The van der Waals surface area contributed by atoms with Crippen molar-refractivity contribution in [1.82, 2.24) is 16.1 Å². The van der Waals surface area contributed by atoms with Crippen LogP contribution in [-0.4, -0.2) is 56.2 Å². The van der Waals surface area contributed by atoms with Crippen LogP contribution in [0.15, 0.2) is 30.3 Å². The van der Waals surface area contributed by atoms with Crippen LogP contribution in [0.25, 0.3) is 0 Å². The Bertz CT molecular complexity index is 608. The second-order valence-electron chi connectivity index (χ2n) is 7.31. The van der Waals surface area contributed by atoms with E-state index in [-0.39, 0.29) is 31.3 Å². The number of amides is 2. The first-order valence-corrected chi connectivity index (χ1v) is 10.3. The van der Waals surface area contributed by atoms with Crippen LogP contribution in [0, 0.1) is 11.8 Å². The predicted octanol–water partition coefficient (Wildman–Crippen LogP) is 1.24. The highest BCUT2D eigenvalue weighted by Crippen LogP contribution is 2.17. The number of benzene rings is 1. The smallest absolute Gasteiger partial charge is 0.246 e. The molecule has 0 aliphatic carbocycles. The van der Waals surface area contributed by atoms with Crippen LogP contribution in [0.5, 0.6) is 0 Å². The Morgan fingerprint density at radius 2 is 1.93 bits per heavy atom. The zero-order valence-electron chi connectivity index (χ0n) is 17.1. The Morgan fingerprint density at radius 3 is 2.59 bits per heavy atom. The molecule has 0 saturated carbocycles. The highest BCUT2D eigenvalue weighted by molar-refractivity contribution is 5.80. The van der Waals surface area contributed by atoms with Crippen molar-refractivity contribution in [1.29, 1.82) is 0 Å². The lowest BCUT2D eigenvalue weighted by Gasteiger charge is -2.27. The van der Waals surface area contributed by atoms with E-state index in [1.54, 1.807) is 5.48 Å². The average Bonchev–Trinajstić information content (AvgIpc) is 2.76. The maximum atomic E-state index is 12.7. The first kappa shape index (κ1) is 23.3. The fourth-order valence-electron chi connectivity index (χ4n) is 3.52. The Kier molecular flexibility index (Phi) is 10.6. The van der Waals surface area contributed by atoms with E-state index >= 15 is 0 Å². The lowest BCUT2D eigenvalue weighted by atomic mass is 9.91. The van der Waals surface area contributed by atoms with Gasteiger partial charge in [-0.25, -0.2) is 5.48 Å². The van der Waals surface area contributed by atoms with Gasteiger partial charge in [0.25, 0.3) is 0 Å². The van der Waals surface area contributed by atoms with Gasteiger partial charge in [-0.1, -0.05) is 30.3 Å². The second kappa shape index (κ2) is 13.3. The number of hydroxylamine groups is 1. The molecule has 1 aromatic rings. The molecule has 1 fully saturated rings. The van der Waals surface area contributed by atoms with Crippen molar-refractivity contribution in [2.24, 2.45) is 11.8 Å². The van der Waals surface area contributed by atoms with Gasteiger partial charge in [-0.3, -0.25) is 14.8 Å². The van der Waals surface area contributed by atoms with Crippen molar-refractivity contribution >= 4 is 11.8 Å². The SMILES string of the molecule is CCOCOCC(CC(Cc1ccccc1)C(=O)NO)NC(=O)C1CCNCC1. The highest BCUT2D eigenvalue weighted by Gasteiger charge is 2.27. The van der Waals surface area contributed by atoms with Gasteiger partial charge in [0.2, 0.25) is 11.8 Å². The number of hydrogen-bond donors (Lipinski definition) is 4. The zero-order valence-corrected chi connectivity index (χ0v) is 17.1. The summed E-state index contributed by atoms with van der Waals surface area (Å²) in [4.78, 5) is 25.0. The van der Waals surface area contributed by atoms with Crippen LogP contribution in [0.2, 0.25) is 0 Å². The monoisotopic (exact) mass is 407 g/mol. The van der Waals surface area contributed by atoms with E-state index in [0.29, 0.717) is 19.4 Å². The van der Waals surface area contributed by atoms with Gasteiger partial charge in [-0.05, 0) is 51.3 Å². The Labute approximate surface area is 172 Å². The molecule has 2 rings (SSSR count). The summed E-state index contributed by atoms with van der Waals surface area (Å²) in [6.07, 6.45) is 2.40. The molecule has 162 valence electrons. The molecule has 0 aromatic heterocycles. The minimum Gasteiger partial charge on any atom is -0.356 e. The summed E-state index contributed by atoms with van der Waals surface area (Å²) in [5, 5.41) is 15.5. The molecule has 29 heavy (non-hydrogen) atoms. The van der Waals surface area contributed by atoms with Gasteiger partial charge in [0, 0.05) is 18.4 Å². The van der Waals surface area contributed by atoms with Crippen LogP contribution >= 0.6 is 0 Å². The molecular weight excluding hydrogens is 374 g/mol. The van der Waals surface area contributed by atoms with Gasteiger partial charge in [0.05, 0.1) is 12.6 Å². The fourth-order valence-corrected chi connectivity index (χ4v) is 3.52. The minimum atomic E-state index is -0.503. The topological polar surface area (TPSA) is 109 Å². The van der Waals surface area contributed by atoms with E-state index in [1.165, 1.54) is 0 Å². The Morgan fingerprint density at radius 1 is 1.21 bits per heavy atom. The molecule has 2 amide bonds. The van der Waals surface area contributed by atoms with Gasteiger partial charge in [0.1, 0.15) is 6.79 Å². The number of carbonyl (C=O) groups is 2. The van der Waals surface area contributed by atoms with Gasteiger partial charge in [-0.15, -0.1) is 0 Å². The van der Waals surface area contributed by atoms with E-state index in [2.05, 4.69) is 10.6 Å². The summed E-state index contributed by atoms with van der Waals surface area (Å²) in [6, 6.07) is 9.24. The Hall–Kier alpha value is -2.00. The molecule has 1 aliphatic heterocycles. The summed E-state index contributed by atoms with van der Waals surface area (Å²) in [6.45, 7) is 4.43. The molecule has 0 radical (unpaired) electrons. The summed E-state index contributed by atoms with van der Waals surface area (Å²) < 4.78 is 10.8. The van der Waals surface area contributed by atoms with Crippen LogP contribution in [0.1, 0.15) is 31.7 Å². The number of ether oxygens (including phenoxy) is 2. The molecule has 8 nitrogen and oxygen atoms in total. The van der Waals surface area contributed by atoms with Crippen molar-refractivity contribution in [2.45, 2.75) is 38.6 Å². The lowest BCUT2D eigenvalue weighted by molar-refractivity contribution is -0.135. The number of nitrogens with one attached hydrogen (secondary N) is 3. The summed E-state index contributed by atoms with van der Waals surface area (Å²) in [7, 11) is 0. The van der Waals surface area contributed by atoms with Crippen LogP contribution in [-0.2, 0) is 25.5 Å². The molecule has 1 aliphatic rings. The van der Waals surface area contributed by atoms with Crippen LogP contribution < -0.4 is 16.1 Å². The number of hydrogen-bond acceptors (Lipinski definition) is 6. The van der Waals surface area contributed by atoms with Gasteiger partial charge in [0.15, 0.2) is 0 Å². The van der Waals surface area contributed by atoms with Crippen molar-refractivity contribution in [2.75, 3.05) is 33.1 Å². The number of carbonyl (C=O) groups excluding carboxylic acids is 2. The van der Waals surface area contributed by atoms with Crippen molar-refractivity contribution in [3.05, 3.63) is 35.9 Å². The van der Waals surface area contributed by atoms with Crippen molar-refractivity contribution < 1.29 is 24.3 Å². The summed E-state index contributed by atoms with van der Waals surface area (Å²) in [5.74, 6) is -1.03. The molecule has 0 spiro atoms. The van der Waals surface area contributed by atoms with E-state index in [4.69, 9.17) is 9.47 Å². The molecule has 0 bridgehead atoms. The zero-order chi connectivity index (χ0) is 20.9. The average molecular weight is 408 g/mol. The fraction of sp³-hybridized carbons (Fsp3) is 0.619. The molecule has 4 N–H and O–H groups in total. The first-order valence-electron chi connectivity index (χ1n) is 10.3. The van der Waals surface area contributed by atoms with E-state index in [1.807, 2.05) is 37.3 Å². The lowest BCUT2D eigenvalue weighted by Crippen LogP contribution is -2.46. The molecule has 1 heterocycles. The highest BCUT2D eigenvalue weighted by atomic mass is 16.7. The molecular formula is C21H33N3O5. The predicted molar refractivity (Wildman–Crippen MR) is 108 cm³/mol. The maximum Gasteiger partial charge on any atom is 0.246 e. The maximum absolute atomic E-state index is 12.7. The quantitative estimate of drug-likeness (QED) is 0.180. The molecule has 2 atom stereocenters. The second-order valence-corrected chi connectivity index (χ2v) is 7.31. The summed E-state index contributed by atoms with van der Waals surface area (Å²) >= 11 is 0. The third-order valence-electron chi connectivity index (χ3n) is 5.12. The van der Waals surface area contributed by atoms with Crippen LogP contribution in [0.3, 0.4) is 0 Å². The molecule has 8 heteroatoms. The number of rotatable bonds is 12. The van der Waals surface area contributed by atoms with E-state index < -0.39 is 11.8 Å². The van der Waals surface area contributed by atoms with Crippen molar-refractivity contribution in [3.63, 3.8) is 0 Å². The van der Waals surface area contributed by atoms with Gasteiger partial charge >= 0.3 is 0 Å². The number of piperidine rings is 1. The molecule has 1 aromatic carbocycles. The normalized spacial score (nSPS) is 16.8. The van der Waals surface area contributed by atoms with Gasteiger partial charge in [-0.2, -0.15) is 0 Å². The first-order chi connectivity index (χ1) is 14.1. The Balaban J connectivity index is 2.02. The van der Waals surface area contributed by atoms with E-state index in [0.717, 1.165) is 31.5 Å². The minimum absolute atomic E-state index is 0.0145. The third-order valence-corrected chi connectivity index (χ3v) is 5.12.